The van der Waals surface area contributed by atoms with Crippen molar-refractivity contribution in [2.45, 2.75) is 13.5 Å². The molecular formula is C16H16BrClN2O. The Hall–Kier alpha value is -1.36. The molecule has 110 valence electrons. The third kappa shape index (κ3) is 4.30. The van der Waals surface area contributed by atoms with Gasteiger partial charge < -0.3 is 10.6 Å². The molecule has 0 aliphatic rings. The van der Waals surface area contributed by atoms with Gasteiger partial charge in [0.25, 0.3) is 5.91 Å². The summed E-state index contributed by atoms with van der Waals surface area (Å²) in [5.41, 5.74) is 2.29. The predicted molar refractivity (Wildman–Crippen MR) is 90.9 cm³/mol. The molecule has 0 saturated carbocycles. The zero-order chi connectivity index (χ0) is 15.2. The van der Waals surface area contributed by atoms with Crippen molar-refractivity contribution in [2.75, 3.05) is 11.9 Å². The fourth-order valence-electron chi connectivity index (χ4n) is 1.92. The van der Waals surface area contributed by atoms with Gasteiger partial charge in [-0.2, -0.15) is 0 Å². The lowest BCUT2D eigenvalue weighted by Gasteiger charge is -2.12. The summed E-state index contributed by atoms with van der Waals surface area (Å²) in [6.07, 6.45) is 0. The lowest BCUT2D eigenvalue weighted by atomic mass is 10.1. The van der Waals surface area contributed by atoms with Crippen LogP contribution in [0.3, 0.4) is 0 Å². The van der Waals surface area contributed by atoms with Gasteiger partial charge in [0.05, 0.1) is 10.6 Å². The van der Waals surface area contributed by atoms with E-state index in [2.05, 4.69) is 26.6 Å². The highest BCUT2D eigenvalue weighted by atomic mass is 79.9. The number of carbonyl (C=O) groups excluding carboxylic acids is 1. The van der Waals surface area contributed by atoms with E-state index in [9.17, 15) is 4.79 Å². The van der Waals surface area contributed by atoms with E-state index in [1.807, 2.05) is 31.2 Å². The van der Waals surface area contributed by atoms with Crippen LogP contribution in [0.4, 0.5) is 5.69 Å². The van der Waals surface area contributed by atoms with Gasteiger partial charge in [-0.05, 0) is 36.4 Å². The Morgan fingerprint density at radius 1 is 1.24 bits per heavy atom. The van der Waals surface area contributed by atoms with Crippen LogP contribution in [0.25, 0.3) is 0 Å². The number of hydrogen-bond donors (Lipinski definition) is 2. The second-order valence-electron chi connectivity index (χ2n) is 4.52. The molecular weight excluding hydrogens is 352 g/mol. The minimum atomic E-state index is -0.212. The molecule has 2 aromatic carbocycles. The van der Waals surface area contributed by atoms with Crippen molar-refractivity contribution in [2.24, 2.45) is 0 Å². The fourth-order valence-corrected chi connectivity index (χ4v) is 2.68. The standard InChI is InChI=1S/C16H16BrClN2O/c1-2-19-10-11-5-3-4-6-15(11)20-16(21)13-8-7-12(17)9-14(13)18/h3-9,19H,2,10H2,1H3,(H,20,21). The molecule has 0 radical (unpaired) electrons. The van der Waals surface area contributed by atoms with Gasteiger partial charge >= 0.3 is 0 Å². The maximum Gasteiger partial charge on any atom is 0.257 e. The number of benzene rings is 2. The van der Waals surface area contributed by atoms with Crippen LogP contribution in [0.5, 0.6) is 0 Å². The summed E-state index contributed by atoms with van der Waals surface area (Å²) >= 11 is 9.44. The lowest BCUT2D eigenvalue weighted by molar-refractivity contribution is 0.102. The van der Waals surface area contributed by atoms with E-state index in [0.29, 0.717) is 17.1 Å². The van der Waals surface area contributed by atoms with Crippen molar-refractivity contribution >= 4 is 39.1 Å². The summed E-state index contributed by atoms with van der Waals surface area (Å²) < 4.78 is 0.844. The van der Waals surface area contributed by atoms with Crippen LogP contribution in [0.2, 0.25) is 5.02 Å². The number of para-hydroxylation sites is 1. The molecule has 1 amide bonds. The molecule has 0 unspecified atom stereocenters. The monoisotopic (exact) mass is 366 g/mol. The first kappa shape index (κ1) is 16.0. The van der Waals surface area contributed by atoms with Gasteiger partial charge in [0, 0.05) is 16.7 Å². The number of hydrogen-bond acceptors (Lipinski definition) is 2. The molecule has 2 aromatic rings. The molecule has 0 fully saturated rings. The summed E-state index contributed by atoms with van der Waals surface area (Å²) in [5, 5.41) is 6.59. The largest absolute Gasteiger partial charge is 0.322 e. The third-order valence-corrected chi connectivity index (χ3v) is 3.81. The van der Waals surface area contributed by atoms with Crippen molar-refractivity contribution in [3.8, 4) is 0 Å². The number of rotatable bonds is 5. The van der Waals surface area contributed by atoms with Crippen molar-refractivity contribution in [3.05, 3.63) is 63.1 Å². The minimum Gasteiger partial charge on any atom is -0.322 e. The summed E-state index contributed by atoms with van der Waals surface area (Å²) in [4.78, 5) is 12.3. The zero-order valence-corrected chi connectivity index (χ0v) is 14.0. The van der Waals surface area contributed by atoms with Gasteiger partial charge in [-0.3, -0.25) is 4.79 Å². The first-order chi connectivity index (χ1) is 10.1. The average molecular weight is 368 g/mol. The highest BCUT2D eigenvalue weighted by Crippen LogP contribution is 2.23. The van der Waals surface area contributed by atoms with E-state index >= 15 is 0 Å². The van der Waals surface area contributed by atoms with Crippen LogP contribution < -0.4 is 10.6 Å². The average Bonchev–Trinajstić information content (AvgIpc) is 2.46. The first-order valence-corrected chi connectivity index (χ1v) is 7.84. The highest BCUT2D eigenvalue weighted by molar-refractivity contribution is 9.10. The molecule has 5 heteroatoms. The van der Waals surface area contributed by atoms with Crippen LogP contribution >= 0.6 is 27.5 Å². The molecule has 0 spiro atoms. The second-order valence-corrected chi connectivity index (χ2v) is 5.84. The smallest absolute Gasteiger partial charge is 0.257 e. The highest BCUT2D eigenvalue weighted by Gasteiger charge is 2.12. The molecule has 0 aromatic heterocycles. The van der Waals surface area contributed by atoms with Crippen LogP contribution in [0, 0.1) is 0 Å². The summed E-state index contributed by atoms with van der Waals surface area (Å²) in [6, 6.07) is 12.9. The molecule has 0 aliphatic carbocycles. The summed E-state index contributed by atoms with van der Waals surface area (Å²) in [6.45, 7) is 3.63. The molecule has 0 bridgehead atoms. The number of anilines is 1. The maximum absolute atomic E-state index is 12.3. The SMILES string of the molecule is CCNCc1ccccc1NC(=O)c1ccc(Br)cc1Cl. The van der Waals surface area contributed by atoms with Gasteiger partial charge in [0.2, 0.25) is 0 Å². The van der Waals surface area contributed by atoms with Crippen LogP contribution in [0.15, 0.2) is 46.9 Å². The molecule has 2 rings (SSSR count). The van der Waals surface area contributed by atoms with Crippen molar-refractivity contribution in [1.82, 2.24) is 5.32 Å². The van der Waals surface area contributed by atoms with Crippen LogP contribution in [0.1, 0.15) is 22.8 Å². The number of nitrogens with one attached hydrogen (secondary N) is 2. The Morgan fingerprint density at radius 3 is 2.71 bits per heavy atom. The molecule has 0 aliphatic heterocycles. The first-order valence-electron chi connectivity index (χ1n) is 6.67. The van der Waals surface area contributed by atoms with Gasteiger partial charge in [0.15, 0.2) is 0 Å². The Bertz CT molecular complexity index is 646. The van der Waals surface area contributed by atoms with Crippen molar-refractivity contribution in [3.63, 3.8) is 0 Å². The topological polar surface area (TPSA) is 41.1 Å². The molecule has 2 N–H and O–H groups in total. The summed E-state index contributed by atoms with van der Waals surface area (Å²) in [7, 11) is 0. The van der Waals surface area contributed by atoms with E-state index < -0.39 is 0 Å². The van der Waals surface area contributed by atoms with Crippen molar-refractivity contribution < 1.29 is 4.79 Å². The molecule has 0 heterocycles. The predicted octanol–water partition coefficient (Wildman–Crippen LogP) is 4.46. The lowest BCUT2D eigenvalue weighted by Crippen LogP contribution is -2.17. The number of halogens is 2. The second kappa shape index (κ2) is 7.59. The quantitative estimate of drug-likeness (QED) is 0.819. The van der Waals surface area contributed by atoms with Crippen molar-refractivity contribution in [1.29, 1.82) is 0 Å². The summed E-state index contributed by atoms with van der Waals surface area (Å²) in [5.74, 6) is -0.212. The Labute approximate surface area is 137 Å². The normalized spacial score (nSPS) is 10.4. The molecule has 0 saturated heterocycles. The third-order valence-electron chi connectivity index (χ3n) is 3.01. The van der Waals surface area contributed by atoms with E-state index in [0.717, 1.165) is 22.3 Å². The van der Waals surface area contributed by atoms with Gasteiger partial charge in [-0.15, -0.1) is 0 Å². The Balaban J connectivity index is 2.19. The van der Waals surface area contributed by atoms with E-state index in [1.165, 1.54) is 0 Å². The molecule has 0 atom stereocenters. The minimum absolute atomic E-state index is 0.212. The van der Waals surface area contributed by atoms with Gasteiger partial charge in [-0.1, -0.05) is 52.7 Å². The van der Waals surface area contributed by atoms with Crippen LogP contribution in [-0.2, 0) is 6.54 Å². The maximum atomic E-state index is 12.3. The Morgan fingerprint density at radius 2 is 2.00 bits per heavy atom. The Kier molecular flexibility index (Phi) is 5.79. The van der Waals surface area contributed by atoms with E-state index in [4.69, 9.17) is 11.6 Å². The van der Waals surface area contributed by atoms with E-state index in [1.54, 1.807) is 18.2 Å². The number of carbonyl (C=O) groups is 1. The van der Waals surface area contributed by atoms with E-state index in [-0.39, 0.29) is 5.91 Å². The molecule has 3 nitrogen and oxygen atoms in total. The fraction of sp³-hybridized carbons (Fsp3) is 0.188. The van der Waals surface area contributed by atoms with Gasteiger partial charge in [-0.25, -0.2) is 0 Å². The zero-order valence-electron chi connectivity index (χ0n) is 11.6. The number of amides is 1. The molecule has 21 heavy (non-hydrogen) atoms. The van der Waals surface area contributed by atoms with Gasteiger partial charge in [0.1, 0.15) is 0 Å². The van der Waals surface area contributed by atoms with Crippen LogP contribution in [-0.4, -0.2) is 12.5 Å².